The fourth-order valence-electron chi connectivity index (χ4n) is 4.34. The van der Waals surface area contributed by atoms with E-state index in [2.05, 4.69) is 20.3 Å². The number of halogens is 1. The fraction of sp³-hybridized carbons (Fsp3) is 0.407. The van der Waals surface area contributed by atoms with Crippen molar-refractivity contribution in [1.82, 2.24) is 15.4 Å². The molecule has 7 nitrogen and oxygen atoms in total. The van der Waals surface area contributed by atoms with Crippen molar-refractivity contribution in [2.75, 3.05) is 44.2 Å². The summed E-state index contributed by atoms with van der Waals surface area (Å²) in [5.41, 5.74) is 2.85. The lowest BCUT2D eigenvalue weighted by molar-refractivity contribution is 0.0950. The molecule has 0 radical (unpaired) electrons. The second kappa shape index (κ2) is 11.4. The minimum absolute atomic E-state index is 0.0163. The van der Waals surface area contributed by atoms with Crippen LogP contribution >= 0.6 is 0 Å². The van der Waals surface area contributed by atoms with Gasteiger partial charge in [0.25, 0.3) is 5.91 Å². The summed E-state index contributed by atoms with van der Waals surface area (Å²) in [6.45, 7) is 10.6. The molecule has 1 aliphatic rings. The van der Waals surface area contributed by atoms with E-state index in [0.717, 1.165) is 50.4 Å². The van der Waals surface area contributed by atoms with Crippen molar-refractivity contribution in [2.45, 2.75) is 33.3 Å². The van der Waals surface area contributed by atoms with Gasteiger partial charge in [-0.3, -0.25) is 9.69 Å². The number of benzene rings is 2. The lowest BCUT2D eigenvalue weighted by Gasteiger charge is -2.37. The number of hydrogen-bond acceptors (Lipinski definition) is 6. The maximum Gasteiger partial charge on any atom is 0.257 e. The molecule has 0 bridgehead atoms. The second-order valence-corrected chi connectivity index (χ2v) is 9.05. The Balaban J connectivity index is 1.25. The van der Waals surface area contributed by atoms with Gasteiger partial charge in [0.2, 0.25) is 0 Å². The highest BCUT2D eigenvalue weighted by Crippen LogP contribution is 2.31. The zero-order valence-corrected chi connectivity index (χ0v) is 20.6. The van der Waals surface area contributed by atoms with Crippen molar-refractivity contribution in [3.05, 3.63) is 65.7 Å². The van der Waals surface area contributed by atoms with Crippen LogP contribution in [0.25, 0.3) is 11.3 Å². The average Bonchev–Trinajstić information content (AvgIpc) is 3.24. The predicted octanol–water partition coefficient (Wildman–Crippen LogP) is 4.52. The summed E-state index contributed by atoms with van der Waals surface area (Å²) in [7, 11) is 0. The third-order valence-electron chi connectivity index (χ3n) is 6.07. The summed E-state index contributed by atoms with van der Waals surface area (Å²) >= 11 is 0. The molecule has 0 saturated carbocycles. The van der Waals surface area contributed by atoms with Gasteiger partial charge >= 0.3 is 0 Å². The first-order valence-electron chi connectivity index (χ1n) is 12.2. The number of ether oxygens (including phenoxy) is 1. The van der Waals surface area contributed by atoms with E-state index in [1.807, 2.05) is 44.2 Å². The summed E-state index contributed by atoms with van der Waals surface area (Å²) in [6.07, 6.45) is 0.826. The first-order chi connectivity index (χ1) is 16.9. The van der Waals surface area contributed by atoms with Crippen LogP contribution in [-0.2, 0) is 0 Å². The Morgan fingerprint density at radius 3 is 2.60 bits per heavy atom. The summed E-state index contributed by atoms with van der Waals surface area (Å²) in [6, 6.07) is 14.3. The standard InChI is InChI=1S/C27H33FN4O3/c1-19(2)34-24-18-22(28)10-11-23(24)32-16-14-31(15-17-32)13-7-12-29-27(33)25-20(3)35-30-26(25)21-8-5-4-6-9-21/h4-6,8-11,18-19H,7,12-17H2,1-3H3,(H,29,33). The molecule has 1 saturated heterocycles. The number of nitrogens with zero attached hydrogens (tertiary/aromatic N) is 3. The van der Waals surface area contributed by atoms with Crippen LogP contribution in [-0.4, -0.2) is 61.3 Å². The van der Waals surface area contributed by atoms with Gasteiger partial charge in [0.15, 0.2) is 0 Å². The fourth-order valence-corrected chi connectivity index (χ4v) is 4.34. The lowest BCUT2D eigenvalue weighted by atomic mass is 10.1. The van der Waals surface area contributed by atoms with E-state index < -0.39 is 0 Å². The minimum Gasteiger partial charge on any atom is -0.489 e. The normalized spacial score (nSPS) is 14.4. The molecule has 186 valence electrons. The predicted molar refractivity (Wildman–Crippen MR) is 134 cm³/mol. The van der Waals surface area contributed by atoms with Crippen LogP contribution in [0, 0.1) is 12.7 Å². The minimum atomic E-state index is -0.289. The number of aryl methyl sites for hydroxylation is 1. The van der Waals surface area contributed by atoms with Crippen molar-refractivity contribution in [3.8, 4) is 17.0 Å². The number of hydrogen-bond donors (Lipinski definition) is 1. The Labute approximate surface area is 205 Å². The Hall–Kier alpha value is -3.39. The molecule has 4 rings (SSSR count). The van der Waals surface area contributed by atoms with E-state index in [1.165, 1.54) is 12.1 Å². The maximum atomic E-state index is 13.7. The van der Waals surface area contributed by atoms with Crippen LogP contribution in [0.2, 0.25) is 0 Å². The van der Waals surface area contributed by atoms with E-state index in [-0.39, 0.29) is 17.8 Å². The zero-order valence-electron chi connectivity index (χ0n) is 20.6. The highest BCUT2D eigenvalue weighted by atomic mass is 19.1. The Bertz CT molecular complexity index is 1120. The molecular weight excluding hydrogens is 447 g/mol. The van der Waals surface area contributed by atoms with Crippen LogP contribution in [0.4, 0.5) is 10.1 Å². The van der Waals surface area contributed by atoms with Crippen LogP contribution in [0.15, 0.2) is 53.1 Å². The van der Waals surface area contributed by atoms with Crippen molar-refractivity contribution in [1.29, 1.82) is 0 Å². The lowest BCUT2D eigenvalue weighted by Crippen LogP contribution is -2.47. The number of aromatic nitrogens is 1. The molecule has 0 atom stereocenters. The van der Waals surface area contributed by atoms with Crippen LogP contribution in [0.1, 0.15) is 36.4 Å². The number of carbonyl (C=O) groups is 1. The number of amides is 1. The molecule has 35 heavy (non-hydrogen) atoms. The monoisotopic (exact) mass is 480 g/mol. The molecule has 1 aliphatic heterocycles. The van der Waals surface area contributed by atoms with Crippen LogP contribution in [0.3, 0.4) is 0 Å². The van der Waals surface area contributed by atoms with E-state index >= 15 is 0 Å². The van der Waals surface area contributed by atoms with E-state index in [1.54, 1.807) is 13.0 Å². The summed E-state index contributed by atoms with van der Waals surface area (Å²) in [5.74, 6) is 0.651. The largest absolute Gasteiger partial charge is 0.489 e. The van der Waals surface area contributed by atoms with E-state index in [9.17, 15) is 9.18 Å². The molecule has 0 spiro atoms. The SMILES string of the molecule is Cc1onc(-c2ccccc2)c1C(=O)NCCCN1CCN(c2ccc(F)cc2OC(C)C)CC1. The van der Waals surface area contributed by atoms with Gasteiger partial charge in [-0.25, -0.2) is 4.39 Å². The molecule has 2 heterocycles. The van der Waals surface area contributed by atoms with Crippen LogP contribution < -0.4 is 15.0 Å². The number of rotatable bonds is 9. The zero-order chi connectivity index (χ0) is 24.8. The molecule has 1 N–H and O–H groups in total. The van der Waals surface area contributed by atoms with Gasteiger partial charge in [-0.2, -0.15) is 0 Å². The molecular formula is C27H33FN4O3. The summed E-state index contributed by atoms with van der Waals surface area (Å²) in [4.78, 5) is 17.5. The number of carbonyl (C=O) groups excluding carboxylic acids is 1. The first kappa shape index (κ1) is 24.7. The first-order valence-corrected chi connectivity index (χ1v) is 12.2. The summed E-state index contributed by atoms with van der Waals surface area (Å²) < 4.78 is 24.9. The van der Waals surface area contributed by atoms with Crippen molar-refractivity contribution in [2.24, 2.45) is 0 Å². The van der Waals surface area contributed by atoms with Crippen molar-refractivity contribution < 1.29 is 18.4 Å². The van der Waals surface area contributed by atoms with E-state index in [0.29, 0.717) is 29.3 Å². The topological polar surface area (TPSA) is 70.8 Å². The molecule has 3 aromatic rings. The molecule has 1 aromatic heterocycles. The molecule has 2 aromatic carbocycles. The van der Waals surface area contributed by atoms with Gasteiger partial charge < -0.3 is 19.5 Å². The van der Waals surface area contributed by atoms with Gasteiger partial charge in [0, 0.05) is 44.4 Å². The number of piperazine rings is 1. The quantitative estimate of drug-likeness (QED) is 0.454. The summed E-state index contributed by atoms with van der Waals surface area (Å²) in [5, 5.41) is 7.10. The van der Waals surface area contributed by atoms with Gasteiger partial charge in [-0.15, -0.1) is 0 Å². The third-order valence-corrected chi connectivity index (χ3v) is 6.07. The molecule has 0 aliphatic carbocycles. The van der Waals surface area contributed by atoms with Gasteiger partial charge in [0.1, 0.15) is 28.6 Å². The molecule has 0 unspecified atom stereocenters. The Kier molecular flexibility index (Phi) is 8.02. The Morgan fingerprint density at radius 1 is 1.14 bits per heavy atom. The van der Waals surface area contributed by atoms with E-state index in [4.69, 9.17) is 9.26 Å². The number of anilines is 1. The molecule has 8 heteroatoms. The van der Waals surface area contributed by atoms with Crippen LogP contribution in [0.5, 0.6) is 5.75 Å². The third kappa shape index (κ3) is 6.19. The highest BCUT2D eigenvalue weighted by Gasteiger charge is 2.22. The van der Waals surface area contributed by atoms with Crippen molar-refractivity contribution >= 4 is 11.6 Å². The van der Waals surface area contributed by atoms with Gasteiger partial charge in [-0.1, -0.05) is 35.5 Å². The average molecular weight is 481 g/mol. The smallest absolute Gasteiger partial charge is 0.257 e. The van der Waals surface area contributed by atoms with Gasteiger partial charge in [0.05, 0.1) is 11.8 Å². The highest BCUT2D eigenvalue weighted by molar-refractivity contribution is 6.00. The van der Waals surface area contributed by atoms with Crippen molar-refractivity contribution in [3.63, 3.8) is 0 Å². The second-order valence-electron chi connectivity index (χ2n) is 9.05. The Morgan fingerprint density at radius 2 is 1.89 bits per heavy atom. The molecule has 1 amide bonds. The number of nitrogens with one attached hydrogen (secondary N) is 1. The molecule has 1 fully saturated rings. The maximum absolute atomic E-state index is 13.7. The van der Waals surface area contributed by atoms with Gasteiger partial charge in [-0.05, 0) is 45.9 Å².